The van der Waals surface area contributed by atoms with Gasteiger partial charge in [-0.25, -0.2) is 9.59 Å². The number of amides is 2. The van der Waals surface area contributed by atoms with Crippen molar-refractivity contribution in [2.45, 2.75) is 78.6 Å². The second kappa shape index (κ2) is 12.5. The van der Waals surface area contributed by atoms with E-state index in [-0.39, 0.29) is 24.3 Å². The zero-order valence-corrected chi connectivity index (χ0v) is 21.4. The molecule has 1 fully saturated rings. The number of hydrogen-bond donors (Lipinski definition) is 2. The van der Waals surface area contributed by atoms with E-state index in [0.717, 1.165) is 18.4 Å². The number of hydrogen-bond acceptors (Lipinski definition) is 7. The number of carbonyl (C=O) groups is 3. The van der Waals surface area contributed by atoms with E-state index >= 15 is 0 Å². The van der Waals surface area contributed by atoms with Crippen LogP contribution in [-0.4, -0.2) is 39.6 Å². The Morgan fingerprint density at radius 1 is 1.03 bits per heavy atom. The molecule has 2 amide bonds. The molecule has 1 aromatic carbocycles. The van der Waals surface area contributed by atoms with E-state index in [1.165, 1.54) is 4.68 Å². The highest BCUT2D eigenvalue weighted by Crippen LogP contribution is 2.29. The Kier molecular flexibility index (Phi) is 9.44. The molecule has 2 atom stereocenters. The number of ether oxygens (including phenoxy) is 1. The highest BCUT2D eigenvalue weighted by molar-refractivity contribution is 5.99. The summed E-state index contributed by atoms with van der Waals surface area (Å²) >= 11 is 0. The second-order valence-electron chi connectivity index (χ2n) is 10.2. The van der Waals surface area contributed by atoms with Crippen LogP contribution in [0.3, 0.4) is 0 Å². The average Bonchev–Trinajstić information content (AvgIpc) is 3.57. The van der Waals surface area contributed by atoms with Crippen molar-refractivity contribution in [3.63, 3.8) is 0 Å². The maximum atomic E-state index is 13.2. The largest absolute Gasteiger partial charge is 0.445 e. The van der Waals surface area contributed by atoms with Crippen molar-refractivity contribution in [1.29, 1.82) is 0 Å². The van der Waals surface area contributed by atoms with Crippen LogP contribution in [0.25, 0.3) is 0 Å². The summed E-state index contributed by atoms with van der Waals surface area (Å²) in [5.41, 5.74) is 0.822. The van der Waals surface area contributed by atoms with Crippen molar-refractivity contribution in [2.75, 3.05) is 0 Å². The molecule has 0 bridgehead atoms. The number of nitrogens with one attached hydrogen (secondary N) is 2. The number of alkyl carbamates (subject to hydrolysis) is 1. The Hall–Kier alpha value is -3.43. The van der Waals surface area contributed by atoms with Gasteiger partial charge >= 0.3 is 11.8 Å². The summed E-state index contributed by atoms with van der Waals surface area (Å²) in [6, 6.07) is 7.35. The molecule has 1 aromatic heterocycles. The molecule has 1 heterocycles. The predicted molar refractivity (Wildman–Crippen MR) is 132 cm³/mol. The predicted octanol–water partition coefficient (Wildman–Crippen LogP) is 3.30. The Morgan fingerprint density at radius 3 is 2.28 bits per heavy atom. The number of ketones is 1. The number of nitrogens with zero attached hydrogens (tertiary/aromatic N) is 2. The van der Waals surface area contributed by atoms with Crippen LogP contribution < -0.4 is 16.4 Å². The second-order valence-corrected chi connectivity index (χ2v) is 10.2. The first kappa shape index (κ1) is 27.2. The molecule has 2 aromatic rings. The van der Waals surface area contributed by atoms with Crippen LogP contribution in [0.4, 0.5) is 4.79 Å². The number of benzene rings is 1. The van der Waals surface area contributed by atoms with Crippen LogP contribution >= 0.6 is 0 Å². The molecular weight excluding hydrogens is 464 g/mol. The lowest BCUT2D eigenvalue weighted by atomic mass is 9.98. The smallest absolute Gasteiger partial charge is 0.437 e. The number of rotatable bonds is 13. The average molecular weight is 501 g/mol. The monoisotopic (exact) mass is 500 g/mol. The molecular formula is C26H36N4O6. The topological polar surface area (TPSA) is 133 Å². The van der Waals surface area contributed by atoms with E-state index in [1.807, 2.05) is 58.0 Å². The van der Waals surface area contributed by atoms with Gasteiger partial charge in [0.15, 0.2) is 0 Å². The maximum absolute atomic E-state index is 13.2. The third-order valence-electron chi connectivity index (χ3n) is 5.81. The van der Waals surface area contributed by atoms with Gasteiger partial charge in [-0.3, -0.25) is 9.59 Å². The van der Waals surface area contributed by atoms with E-state index < -0.39 is 35.6 Å². The minimum absolute atomic E-state index is 0.0619. The van der Waals surface area contributed by atoms with E-state index in [1.54, 1.807) is 0 Å². The lowest BCUT2D eigenvalue weighted by molar-refractivity contribution is -0.124. The lowest BCUT2D eigenvalue weighted by Crippen LogP contribution is -2.52. The molecule has 0 radical (unpaired) electrons. The standard InChI is InChI=1S/C26H36N4O6/c1-16(2)12-20(22(31)24-29-30(26(34)36-24)14-18-10-11-18)27-23(32)21(13-17(3)4)28-25(33)35-15-19-8-6-5-7-9-19/h5-9,16-18,20-21H,10-15H2,1-4H3,(H,27,32)(H,28,33). The number of Topliss-reactive ketones (excluding diaryl/α,β-unsaturated/α-hetero) is 1. The summed E-state index contributed by atoms with van der Waals surface area (Å²) in [7, 11) is 0. The van der Waals surface area contributed by atoms with Crippen molar-refractivity contribution in [3.05, 3.63) is 52.3 Å². The number of carbonyl (C=O) groups excluding carboxylic acids is 3. The van der Waals surface area contributed by atoms with E-state index in [9.17, 15) is 19.2 Å². The lowest BCUT2D eigenvalue weighted by Gasteiger charge is -2.24. The van der Waals surface area contributed by atoms with Gasteiger partial charge in [-0.2, -0.15) is 4.68 Å². The fourth-order valence-corrected chi connectivity index (χ4v) is 3.80. The third-order valence-corrected chi connectivity index (χ3v) is 5.81. The first-order valence-electron chi connectivity index (χ1n) is 12.5. The minimum Gasteiger partial charge on any atom is -0.445 e. The van der Waals surface area contributed by atoms with Gasteiger partial charge in [0.05, 0.1) is 12.6 Å². The molecule has 3 rings (SSSR count). The highest BCUT2D eigenvalue weighted by Gasteiger charge is 2.32. The fourth-order valence-electron chi connectivity index (χ4n) is 3.80. The summed E-state index contributed by atoms with van der Waals surface area (Å²) in [5.74, 6) is -1.55. The van der Waals surface area contributed by atoms with Gasteiger partial charge in [-0.1, -0.05) is 58.0 Å². The summed E-state index contributed by atoms with van der Waals surface area (Å²) < 4.78 is 11.6. The van der Waals surface area contributed by atoms with Crippen LogP contribution in [0, 0.1) is 17.8 Å². The first-order chi connectivity index (χ1) is 17.1. The fraction of sp³-hybridized carbons (Fsp3) is 0.577. The Morgan fingerprint density at radius 2 is 1.67 bits per heavy atom. The third kappa shape index (κ3) is 8.35. The van der Waals surface area contributed by atoms with Crippen molar-refractivity contribution in [1.82, 2.24) is 20.4 Å². The van der Waals surface area contributed by atoms with E-state index in [4.69, 9.17) is 9.15 Å². The van der Waals surface area contributed by atoms with Crippen molar-refractivity contribution in [2.24, 2.45) is 17.8 Å². The van der Waals surface area contributed by atoms with Crippen LogP contribution in [-0.2, 0) is 22.7 Å². The highest BCUT2D eigenvalue weighted by atomic mass is 16.5. The first-order valence-corrected chi connectivity index (χ1v) is 12.5. The molecule has 0 saturated heterocycles. The molecule has 1 saturated carbocycles. The Balaban J connectivity index is 1.67. The normalized spacial score (nSPS) is 14.9. The molecule has 2 unspecified atom stereocenters. The molecule has 2 N–H and O–H groups in total. The van der Waals surface area contributed by atoms with Crippen LogP contribution in [0.15, 0.2) is 39.5 Å². The van der Waals surface area contributed by atoms with Crippen molar-refractivity contribution in [3.8, 4) is 0 Å². The van der Waals surface area contributed by atoms with E-state index in [0.29, 0.717) is 25.3 Å². The van der Waals surface area contributed by atoms with Gasteiger partial charge in [0.25, 0.3) is 5.89 Å². The zero-order chi connectivity index (χ0) is 26.2. The van der Waals surface area contributed by atoms with Crippen LogP contribution in [0.1, 0.15) is 69.6 Å². The number of aromatic nitrogens is 2. The molecule has 0 spiro atoms. The van der Waals surface area contributed by atoms with Crippen LogP contribution in [0.2, 0.25) is 0 Å². The summed E-state index contributed by atoms with van der Waals surface area (Å²) in [6.07, 6.45) is 1.98. The minimum atomic E-state index is -0.957. The molecule has 10 heteroatoms. The molecule has 196 valence electrons. The summed E-state index contributed by atoms with van der Waals surface area (Å²) in [6.45, 7) is 8.17. The molecule has 36 heavy (non-hydrogen) atoms. The van der Waals surface area contributed by atoms with Gasteiger partial charge in [0.1, 0.15) is 12.6 Å². The summed E-state index contributed by atoms with van der Waals surface area (Å²) in [5, 5.41) is 9.43. The van der Waals surface area contributed by atoms with Crippen molar-refractivity contribution < 1.29 is 23.5 Å². The molecule has 10 nitrogen and oxygen atoms in total. The van der Waals surface area contributed by atoms with Gasteiger partial charge in [-0.15, -0.1) is 5.10 Å². The van der Waals surface area contributed by atoms with Gasteiger partial charge in [0.2, 0.25) is 11.7 Å². The van der Waals surface area contributed by atoms with Gasteiger partial charge in [-0.05, 0) is 49.0 Å². The maximum Gasteiger partial charge on any atom is 0.437 e. The Labute approximate surface area is 210 Å². The zero-order valence-electron chi connectivity index (χ0n) is 21.4. The molecule has 0 aliphatic heterocycles. The van der Waals surface area contributed by atoms with E-state index in [2.05, 4.69) is 15.7 Å². The SMILES string of the molecule is CC(C)CC(NC(=O)OCc1ccccc1)C(=O)NC(CC(C)C)C(=O)c1nn(CC2CC2)c(=O)o1. The quantitative estimate of drug-likeness (QED) is 0.403. The van der Waals surface area contributed by atoms with Gasteiger partial charge in [0, 0.05) is 0 Å². The molecule has 1 aliphatic rings. The van der Waals surface area contributed by atoms with Crippen LogP contribution in [0.5, 0.6) is 0 Å². The van der Waals surface area contributed by atoms with Crippen molar-refractivity contribution >= 4 is 17.8 Å². The Bertz CT molecular complexity index is 1090. The summed E-state index contributed by atoms with van der Waals surface area (Å²) in [4.78, 5) is 50.9. The van der Waals surface area contributed by atoms with Gasteiger partial charge < -0.3 is 19.8 Å². The molecule has 1 aliphatic carbocycles.